The lowest BCUT2D eigenvalue weighted by molar-refractivity contribution is 0.795. The van der Waals surface area contributed by atoms with E-state index in [0.29, 0.717) is 24.4 Å². The van der Waals surface area contributed by atoms with Gasteiger partial charge < -0.3 is 10.6 Å². The van der Waals surface area contributed by atoms with Gasteiger partial charge in [-0.25, -0.2) is 4.98 Å². The highest BCUT2D eigenvalue weighted by Gasteiger charge is 2.09. The van der Waals surface area contributed by atoms with Crippen molar-refractivity contribution in [2.24, 2.45) is 0 Å². The van der Waals surface area contributed by atoms with Crippen molar-refractivity contribution < 1.29 is 0 Å². The summed E-state index contributed by atoms with van der Waals surface area (Å²) in [6.45, 7) is 2.84. The van der Waals surface area contributed by atoms with Crippen molar-refractivity contribution in [3.63, 3.8) is 0 Å². The Morgan fingerprint density at radius 3 is 2.70 bits per heavy atom. The number of benzene rings is 2. The van der Waals surface area contributed by atoms with Gasteiger partial charge in [-0.3, -0.25) is 0 Å². The fourth-order valence-electron chi connectivity index (χ4n) is 2.69. The first kappa shape index (κ1) is 17.6. The molecule has 8 heteroatoms. The van der Waals surface area contributed by atoms with E-state index in [4.69, 9.17) is 11.6 Å². The predicted molar refractivity (Wildman–Crippen MR) is 111 cm³/mol. The highest BCUT2D eigenvalue weighted by Crippen LogP contribution is 2.24. The summed E-state index contributed by atoms with van der Waals surface area (Å²) in [6.07, 6.45) is 0. The van der Waals surface area contributed by atoms with Crippen LogP contribution in [0, 0.1) is 0 Å². The van der Waals surface area contributed by atoms with E-state index in [1.165, 1.54) is 5.56 Å². The second-order valence-corrected chi connectivity index (χ2v) is 7.33. The lowest BCUT2D eigenvalue weighted by atomic mass is 10.0. The van der Waals surface area contributed by atoms with E-state index < -0.39 is 0 Å². The van der Waals surface area contributed by atoms with Gasteiger partial charge in [-0.1, -0.05) is 37.3 Å². The minimum Gasteiger partial charge on any atom is -0.353 e. The molecule has 0 saturated carbocycles. The molecule has 0 saturated heterocycles. The van der Waals surface area contributed by atoms with Crippen molar-refractivity contribution >= 4 is 50.7 Å². The van der Waals surface area contributed by atoms with Crippen LogP contribution in [0.15, 0.2) is 54.0 Å². The van der Waals surface area contributed by atoms with Crippen LogP contribution in [0.2, 0.25) is 5.28 Å². The molecular formula is C19H17ClN6S. The molecule has 0 spiro atoms. The van der Waals surface area contributed by atoms with Gasteiger partial charge in [-0.2, -0.15) is 15.0 Å². The van der Waals surface area contributed by atoms with E-state index in [1.54, 1.807) is 11.3 Å². The summed E-state index contributed by atoms with van der Waals surface area (Å²) in [7, 11) is 0. The molecule has 2 heterocycles. The van der Waals surface area contributed by atoms with Crippen molar-refractivity contribution in [1.29, 1.82) is 0 Å². The van der Waals surface area contributed by atoms with Crippen molar-refractivity contribution in [2.45, 2.75) is 12.8 Å². The summed E-state index contributed by atoms with van der Waals surface area (Å²) in [6, 6.07) is 16.2. The molecule has 0 aliphatic heterocycles. The van der Waals surface area contributed by atoms with E-state index in [1.807, 2.05) is 41.9 Å². The molecule has 27 heavy (non-hydrogen) atoms. The summed E-state index contributed by atoms with van der Waals surface area (Å²) < 4.78 is 1.09. The Labute approximate surface area is 165 Å². The van der Waals surface area contributed by atoms with Gasteiger partial charge in [0.25, 0.3) is 0 Å². The third-order valence-corrected chi connectivity index (χ3v) is 5.09. The average Bonchev–Trinajstić information content (AvgIpc) is 3.14. The van der Waals surface area contributed by atoms with Crippen molar-refractivity contribution in [1.82, 2.24) is 19.9 Å². The number of rotatable bonds is 6. The number of anilines is 3. The first-order valence-electron chi connectivity index (χ1n) is 8.48. The summed E-state index contributed by atoms with van der Waals surface area (Å²) in [5, 5.41) is 6.56. The number of nitrogens with one attached hydrogen (secondary N) is 2. The largest absolute Gasteiger partial charge is 0.353 e. The van der Waals surface area contributed by atoms with E-state index in [0.717, 1.165) is 15.9 Å². The third-order valence-electron chi connectivity index (χ3n) is 4.13. The van der Waals surface area contributed by atoms with Gasteiger partial charge >= 0.3 is 0 Å². The molecule has 2 aromatic heterocycles. The second-order valence-electron chi connectivity index (χ2n) is 6.10. The van der Waals surface area contributed by atoms with E-state index in [-0.39, 0.29) is 5.28 Å². The molecule has 0 radical (unpaired) electrons. The number of fused-ring (bicyclic) bond motifs is 1. The minimum absolute atomic E-state index is 0.140. The lowest BCUT2D eigenvalue weighted by Gasteiger charge is -2.13. The van der Waals surface area contributed by atoms with E-state index in [9.17, 15) is 0 Å². The van der Waals surface area contributed by atoms with Crippen LogP contribution in [0.1, 0.15) is 18.4 Å². The number of hydrogen-bond acceptors (Lipinski definition) is 7. The predicted octanol–water partition coefficient (Wildman–Crippen LogP) is 5.09. The van der Waals surface area contributed by atoms with Gasteiger partial charge in [0, 0.05) is 12.2 Å². The third kappa shape index (κ3) is 4.32. The zero-order valence-corrected chi connectivity index (χ0v) is 16.1. The standard InChI is InChI=1S/C19H17ClN6S/c1-12(13-5-3-2-4-6-13)10-21-18-24-17(20)25-19(26-18)23-14-7-8-15-16(9-14)27-11-22-15/h2-9,11-12H,10H2,1H3,(H2,21,23,24,25,26)/t12-/m1/s1. The zero-order valence-electron chi connectivity index (χ0n) is 14.6. The maximum absolute atomic E-state index is 6.08. The highest BCUT2D eigenvalue weighted by atomic mass is 35.5. The quantitative estimate of drug-likeness (QED) is 0.472. The highest BCUT2D eigenvalue weighted by molar-refractivity contribution is 7.16. The molecule has 136 valence electrons. The zero-order chi connectivity index (χ0) is 18.6. The summed E-state index contributed by atoms with van der Waals surface area (Å²) >= 11 is 7.66. The van der Waals surface area contributed by atoms with Crippen LogP contribution < -0.4 is 10.6 Å². The van der Waals surface area contributed by atoms with Crippen molar-refractivity contribution in [2.75, 3.05) is 17.2 Å². The molecule has 1 atom stereocenters. The van der Waals surface area contributed by atoms with Gasteiger partial charge in [0.2, 0.25) is 17.2 Å². The Hall–Kier alpha value is -2.77. The Morgan fingerprint density at radius 1 is 1.04 bits per heavy atom. The number of aromatic nitrogens is 4. The molecular weight excluding hydrogens is 380 g/mol. The Kier molecular flexibility index (Phi) is 5.13. The van der Waals surface area contributed by atoms with Gasteiger partial charge in [0.05, 0.1) is 15.7 Å². The fraction of sp³-hybridized carbons (Fsp3) is 0.158. The van der Waals surface area contributed by atoms with Crippen LogP contribution in [0.25, 0.3) is 10.2 Å². The molecule has 4 aromatic rings. The Morgan fingerprint density at radius 2 is 1.85 bits per heavy atom. The van der Waals surface area contributed by atoms with Crippen LogP contribution in [-0.4, -0.2) is 26.5 Å². The summed E-state index contributed by atoms with van der Waals surface area (Å²) in [5.74, 6) is 1.15. The van der Waals surface area contributed by atoms with Gasteiger partial charge in [0.15, 0.2) is 0 Å². The number of halogens is 1. The van der Waals surface area contributed by atoms with E-state index >= 15 is 0 Å². The molecule has 0 aliphatic carbocycles. The second kappa shape index (κ2) is 7.85. The topological polar surface area (TPSA) is 75.6 Å². The summed E-state index contributed by atoms with van der Waals surface area (Å²) in [4.78, 5) is 17.0. The monoisotopic (exact) mass is 396 g/mol. The minimum atomic E-state index is 0.140. The molecule has 4 rings (SSSR count). The number of hydrogen-bond donors (Lipinski definition) is 2. The molecule has 2 N–H and O–H groups in total. The average molecular weight is 397 g/mol. The first-order chi connectivity index (χ1) is 13.2. The summed E-state index contributed by atoms with van der Waals surface area (Å²) in [5.41, 5.74) is 4.92. The maximum atomic E-state index is 6.08. The van der Waals surface area contributed by atoms with Crippen molar-refractivity contribution in [3.05, 3.63) is 64.9 Å². The van der Waals surface area contributed by atoms with Gasteiger partial charge in [0.1, 0.15) is 0 Å². The first-order valence-corrected chi connectivity index (χ1v) is 9.74. The molecule has 2 aromatic carbocycles. The maximum Gasteiger partial charge on any atom is 0.233 e. The fourth-order valence-corrected chi connectivity index (χ4v) is 3.57. The molecule has 0 fully saturated rings. The molecule has 0 aliphatic rings. The molecule has 0 bridgehead atoms. The smallest absolute Gasteiger partial charge is 0.233 e. The molecule has 0 unspecified atom stereocenters. The number of nitrogens with zero attached hydrogens (tertiary/aromatic N) is 4. The van der Waals surface area contributed by atoms with E-state index in [2.05, 4.69) is 49.6 Å². The van der Waals surface area contributed by atoms with Crippen LogP contribution in [0.3, 0.4) is 0 Å². The molecule has 6 nitrogen and oxygen atoms in total. The van der Waals surface area contributed by atoms with Gasteiger partial charge in [-0.05, 0) is 41.3 Å². The van der Waals surface area contributed by atoms with Crippen LogP contribution in [0.4, 0.5) is 17.6 Å². The SMILES string of the molecule is C[C@H](CNc1nc(Cl)nc(Nc2ccc3ncsc3c2)n1)c1ccccc1. The lowest BCUT2D eigenvalue weighted by Crippen LogP contribution is -2.13. The van der Waals surface area contributed by atoms with Gasteiger partial charge in [-0.15, -0.1) is 11.3 Å². The Bertz CT molecular complexity index is 1050. The van der Waals surface area contributed by atoms with Crippen LogP contribution >= 0.6 is 22.9 Å². The molecule has 0 amide bonds. The number of thiazole rings is 1. The van der Waals surface area contributed by atoms with Crippen molar-refractivity contribution in [3.8, 4) is 0 Å². The van der Waals surface area contributed by atoms with Crippen LogP contribution in [0.5, 0.6) is 0 Å². The Balaban J connectivity index is 1.47. The van der Waals surface area contributed by atoms with Crippen LogP contribution in [-0.2, 0) is 0 Å². The normalized spacial score (nSPS) is 12.1.